The number of aryl methyl sites for hydroxylation is 2. The molecule has 2 amide bonds. The molecular weight excluding hydrogens is 344 g/mol. The molecule has 0 spiro atoms. The maximum atomic E-state index is 12.3. The van der Waals surface area contributed by atoms with E-state index in [-0.39, 0.29) is 29.9 Å². The van der Waals surface area contributed by atoms with Gasteiger partial charge in [0.2, 0.25) is 5.91 Å². The van der Waals surface area contributed by atoms with Gasteiger partial charge in [0, 0.05) is 18.2 Å². The molecule has 0 aliphatic carbocycles. The predicted molar refractivity (Wildman–Crippen MR) is 104 cm³/mol. The minimum Gasteiger partial charge on any atom is -0.507 e. The Morgan fingerprint density at radius 2 is 1.56 bits per heavy atom. The van der Waals surface area contributed by atoms with E-state index in [1.807, 2.05) is 0 Å². The van der Waals surface area contributed by atoms with Gasteiger partial charge in [-0.1, -0.05) is 18.2 Å². The zero-order valence-corrected chi connectivity index (χ0v) is 15.5. The molecule has 0 radical (unpaired) electrons. The smallest absolute Gasteiger partial charge is 0.251 e. The second-order valence-electron chi connectivity index (χ2n) is 6.13. The number of benzene rings is 2. The van der Waals surface area contributed by atoms with Gasteiger partial charge < -0.3 is 15.7 Å². The number of rotatable bonds is 6. The van der Waals surface area contributed by atoms with Gasteiger partial charge in [-0.3, -0.25) is 14.4 Å². The number of carbonyl (C=O) groups is 3. The van der Waals surface area contributed by atoms with Crippen LogP contribution in [0.5, 0.6) is 5.75 Å². The molecule has 0 unspecified atom stereocenters. The lowest BCUT2D eigenvalue weighted by Crippen LogP contribution is -2.35. The Balaban J connectivity index is 2.05. The number of likely N-dealkylation sites (N-methyl/N-ethyl adjacent to an activating group) is 1. The van der Waals surface area contributed by atoms with Crippen molar-refractivity contribution in [3.05, 3.63) is 70.3 Å². The second kappa shape index (κ2) is 8.80. The van der Waals surface area contributed by atoms with Crippen LogP contribution in [0.4, 0.5) is 0 Å². The Kier molecular flexibility index (Phi) is 6.49. The van der Waals surface area contributed by atoms with Crippen LogP contribution in [-0.2, 0) is 4.79 Å². The number of allylic oxidation sites excluding steroid dienone is 1. The second-order valence-corrected chi connectivity index (χ2v) is 6.13. The molecule has 0 aliphatic heterocycles. The van der Waals surface area contributed by atoms with Crippen LogP contribution in [0.25, 0.3) is 6.08 Å². The maximum absolute atomic E-state index is 12.3. The first-order valence-corrected chi connectivity index (χ1v) is 8.43. The number of aromatic hydroxyl groups is 1. The maximum Gasteiger partial charge on any atom is 0.251 e. The molecule has 0 heterocycles. The SMILES string of the molecule is CNC(=O)CNC(=O)c1ccc(C(=O)/C=C/c2cc(C)c(O)c(C)c2)cc1. The molecule has 6 nitrogen and oxygen atoms in total. The normalized spacial score (nSPS) is 10.6. The van der Waals surface area contributed by atoms with E-state index in [1.54, 1.807) is 44.2 Å². The van der Waals surface area contributed by atoms with E-state index in [1.165, 1.54) is 25.3 Å². The van der Waals surface area contributed by atoms with Crippen molar-refractivity contribution in [2.24, 2.45) is 0 Å². The van der Waals surface area contributed by atoms with E-state index in [2.05, 4.69) is 10.6 Å². The largest absolute Gasteiger partial charge is 0.507 e. The van der Waals surface area contributed by atoms with Crippen LogP contribution in [0.1, 0.15) is 37.4 Å². The van der Waals surface area contributed by atoms with Crippen LogP contribution < -0.4 is 10.6 Å². The van der Waals surface area contributed by atoms with Gasteiger partial charge >= 0.3 is 0 Å². The average Bonchev–Trinajstić information content (AvgIpc) is 2.67. The van der Waals surface area contributed by atoms with Crippen molar-refractivity contribution in [2.75, 3.05) is 13.6 Å². The summed E-state index contributed by atoms with van der Waals surface area (Å²) in [4.78, 5) is 35.4. The van der Waals surface area contributed by atoms with Gasteiger partial charge in [-0.05, 0) is 60.9 Å². The van der Waals surface area contributed by atoms with E-state index in [9.17, 15) is 19.5 Å². The van der Waals surface area contributed by atoms with E-state index >= 15 is 0 Å². The molecule has 140 valence electrons. The fraction of sp³-hybridized carbons (Fsp3) is 0.190. The Morgan fingerprint density at radius 1 is 1.00 bits per heavy atom. The summed E-state index contributed by atoms with van der Waals surface area (Å²) in [5.74, 6) is -0.623. The van der Waals surface area contributed by atoms with E-state index in [0.717, 1.165) is 16.7 Å². The quantitative estimate of drug-likeness (QED) is 0.540. The van der Waals surface area contributed by atoms with Gasteiger partial charge in [0.1, 0.15) is 5.75 Å². The third kappa shape index (κ3) is 5.28. The molecule has 3 N–H and O–H groups in total. The first-order valence-electron chi connectivity index (χ1n) is 8.43. The first kappa shape index (κ1) is 19.9. The molecular formula is C21H22N2O4. The van der Waals surface area contributed by atoms with Gasteiger partial charge in [-0.2, -0.15) is 0 Å². The summed E-state index contributed by atoms with van der Waals surface area (Å²) in [6.45, 7) is 3.50. The highest BCUT2D eigenvalue weighted by Crippen LogP contribution is 2.23. The zero-order chi connectivity index (χ0) is 20.0. The Morgan fingerprint density at radius 3 is 2.11 bits per heavy atom. The van der Waals surface area contributed by atoms with Crippen LogP contribution in [0.15, 0.2) is 42.5 Å². The number of phenolic OH excluding ortho intramolecular Hbond substituents is 1. The van der Waals surface area contributed by atoms with Gasteiger partial charge in [0.05, 0.1) is 6.54 Å². The summed E-state index contributed by atoms with van der Waals surface area (Å²) in [5.41, 5.74) is 3.12. The molecule has 6 heteroatoms. The highest BCUT2D eigenvalue weighted by atomic mass is 16.3. The monoisotopic (exact) mass is 366 g/mol. The van der Waals surface area contributed by atoms with Crippen LogP contribution in [-0.4, -0.2) is 36.3 Å². The summed E-state index contributed by atoms with van der Waals surface area (Å²) in [6, 6.07) is 9.80. The van der Waals surface area contributed by atoms with E-state index < -0.39 is 0 Å². The lowest BCUT2D eigenvalue weighted by Gasteiger charge is -2.05. The fourth-order valence-corrected chi connectivity index (χ4v) is 2.49. The standard InChI is InChI=1S/C21H22N2O4/c1-13-10-15(11-14(2)20(13)26)4-9-18(24)16-5-7-17(8-6-16)21(27)23-12-19(25)22-3/h4-11,26H,12H2,1-3H3,(H,22,25)(H,23,27)/b9-4+. The van der Waals surface area contributed by atoms with Crippen LogP contribution in [0.2, 0.25) is 0 Å². The molecule has 0 bridgehead atoms. The molecule has 0 aliphatic rings. The summed E-state index contributed by atoms with van der Waals surface area (Å²) in [6.07, 6.45) is 3.14. The van der Waals surface area contributed by atoms with Crippen molar-refractivity contribution in [1.82, 2.24) is 10.6 Å². The first-order chi connectivity index (χ1) is 12.8. The summed E-state index contributed by atoms with van der Waals surface area (Å²) in [5, 5.41) is 14.7. The highest BCUT2D eigenvalue weighted by Gasteiger charge is 2.09. The van der Waals surface area contributed by atoms with Gasteiger partial charge in [0.15, 0.2) is 5.78 Å². The van der Waals surface area contributed by atoms with Crippen molar-refractivity contribution in [1.29, 1.82) is 0 Å². The lowest BCUT2D eigenvalue weighted by atomic mass is 10.0. The van der Waals surface area contributed by atoms with E-state index in [4.69, 9.17) is 0 Å². The Labute approximate surface area is 157 Å². The Bertz CT molecular complexity index is 876. The molecule has 0 aromatic heterocycles. The Hall–Kier alpha value is -3.41. The molecule has 0 fully saturated rings. The third-order valence-electron chi connectivity index (χ3n) is 4.06. The topological polar surface area (TPSA) is 95.5 Å². The minimum absolute atomic E-state index is 0.107. The number of phenols is 1. The summed E-state index contributed by atoms with van der Waals surface area (Å²) >= 11 is 0. The number of hydrogen-bond acceptors (Lipinski definition) is 4. The van der Waals surface area contributed by atoms with Crippen molar-refractivity contribution in [3.8, 4) is 5.75 Å². The summed E-state index contributed by atoms with van der Waals surface area (Å²) in [7, 11) is 1.49. The minimum atomic E-state index is -0.386. The van der Waals surface area contributed by atoms with Crippen LogP contribution in [0.3, 0.4) is 0 Å². The number of amides is 2. The number of ketones is 1. The van der Waals surface area contributed by atoms with Gasteiger partial charge in [-0.25, -0.2) is 0 Å². The van der Waals surface area contributed by atoms with Gasteiger partial charge in [-0.15, -0.1) is 0 Å². The van der Waals surface area contributed by atoms with Crippen molar-refractivity contribution < 1.29 is 19.5 Å². The highest BCUT2D eigenvalue weighted by molar-refractivity contribution is 6.07. The molecule has 27 heavy (non-hydrogen) atoms. The zero-order valence-electron chi connectivity index (χ0n) is 15.5. The molecule has 2 aromatic carbocycles. The van der Waals surface area contributed by atoms with Crippen LogP contribution >= 0.6 is 0 Å². The number of carbonyl (C=O) groups excluding carboxylic acids is 3. The average molecular weight is 366 g/mol. The van der Waals surface area contributed by atoms with Crippen molar-refractivity contribution >= 4 is 23.7 Å². The molecule has 2 rings (SSSR count). The number of nitrogens with one attached hydrogen (secondary N) is 2. The third-order valence-corrected chi connectivity index (χ3v) is 4.06. The van der Waals surface area contributed by atoms with Crippen molar-refractivity contribution in [3.63, 3.8) is 0 Å². The fourth-order valence-electron chi connectivity index (χ4n) is 2.49. The molecule has 2 aromatic rings. The predicted octanol–water partition coefficient (Wildman–Crippen LogP) is 2.38. The molecule has 0 saturated heterocycles. The lowest BCUT2D eigenvalue weighted by molar-refractivity contribution is -0.119. The summed E-state index contributed by atoms with van der Waals surface area (Å²) < 4.78 is 0. The number of hydrogen-bond donors (Lipinski definition) is 3. The molecule has 0 atom stereocenters. The van der Waals surface area contributed by atoms with E-state index in [0.29, 0.717) is 11.1 Å². The van der Waals surface area contributed by atoms with Crippen molar-refractivity contribution in [2.45, 2.75) is 13.8 Å². The van der Waals surface area contributed by atoms with Gasteiger partial charge in [0.25, 0.3) is 5.91 Å². The van der Waals surface area contributed by atoms with Crippen LogP contribution in [0, 0.1) is 13.8 Å². The molecule has 0 saturated carbocycles.